The number of nitrogens with one attached hydrogen (secondary N) is 1. The maximum atomic E-state index is 14.6. The maximum Gasteiger partial charge on any atom is 0.394 e. The molecule has 3 heterocycles. The highest BCUT2D eigenvalue weighted by Crippen LogP contribution is 2.61. The lowest BCUT2D eigenvalue weighted by molar-refractivity contribution is -0.194. The van der Waals surface area contributed by atoms with Crippen LogP contribution < -0.4 is 9.46 Å². The van der Waals surface area contributed by atoms with Crippen molar-refractivity contribution in [1.82, 2.24) is 19.8 Å². The number of carbonyl (C=O) groups is 1. The highest BCUT2D eigenvalue weighted by molar-refractivity contribution is 7.92. The minimum atomic E-state index is -4.45. The summed E-state index contributed by atoms with van der Waals surface area (Å²) in [5.41, 5.74) is 1.07. The van der Waals surface area contributed by atoms with E-state index in [4.69, 9.17) is 9.47 Å². The molecule has 2 aliphatic heterocycles. The zero-order valence-electron chi connectivity index (χ0n) is 29.5. The zero-order chi connectivity index (χ0) is 36.2. The number of alkyl halides is 3. The van der Waals surface area contributed by atoms with Crippen LogP contribution in [0.2, 0.25) is 0 Å². The van der Waals surface area contributed by atoms with Crippen LogP contribution in [0.4, 0.5) is 19.1 Å². The van der Waals surface area contributed by atoms with E-state index in [0.717, 1.165) is 49.2 Å². The van der Waals surface area contributed by atoms with Crippen molar-refractivity contribution in [3.8, 4) is 17.1 Å². The molecule has 3 aromatic rings. The van der Waals surface area contributed by atoms with E-state index >= 15 is 0 Å². The number of halogens is 4. The summed E-state index contributed by atoms with van der Waals surface area (Å²) in [7, 11) is -2.60. The van der Waals surface area contributed by atoms with Crippen molar-refractivity contribution in [3.63, 3.8) is 0 Å². The molecule has 0 unspecified atom stereocenters. The molecule has 3 fully saturated rings. The number of methoxy groups -OCH3 is 1. The highest BCUT2D eigenvalue weighted by Gasteiger charge is 2.64. The molecule has 1 saturated heterocycles. The van der Waals surface area contributed by atoms with Gasteiger partial charge in [-0.15, -0.1) is 12.4 Å². The first-order chi connectivity index (χ1) is 24.2. The Balaban J connectivity index is 0.00000464. The number of fused-ring (bicyclic) bond motifs is 4. The summed E-state index contributed by atoms with van der Waals surface area (Å²) in [6, 6.07) is 11.6. The van der Waals surface area contributed by atoms with E-state index in [1.54, 1.807) is 18.1 Å². The number of nitrogens with zero attached hydrogens (tertiary/aromatic N) is 4. The number of ether oxygens (including phenoxy) is 2. The number of anilines is 1. The average Bonchev–Trinajstić information content (AvgIpc) is 3.86. The molecule has 52 heavy (non-hydrogen) atoms. The number of likely N-dealkylation sites (tertiary alicyclic amines) is 1. The minimum absolute atomic E-state index is 0. The number of piperidine rings is 1. The van der Waals surface area contributed by atoms with Crippen molar-refractivity contribution in [3.05, 3.63) is 65.2 Å². The van der Waals surface area contributed by atoms with E-state index in [1.807, 2.05) is 32.0 Å². The number of hydrogen-bond acceptors (Lipinski definition) is 8. The fourth-order valence-electron chi connectivity index (χ4n) is 8.29. The van der Waals surface area contributed by atoms with Gasteiger partial charge in [0.05, 0.1) is 28.7 Å². The Morgan fingerprint density at radius 1 is 1.00 bits per heavy atom. The third kappa shape index (κ3) is 7.49. The van der Waals surface area contributed by atoms with Gasteiger partial charge < -0.3 is 19.3 Å². The molecule has 2 aliphatic carbocycles. The first kappa shape index (κ1) is 38.3. The summed E-state index contributed by atoms with van der Waals surface area (Å²) < 4.78 is 85.1. The lowest BCUT2D eigenvalue weighted by Crippen LogP contribution is -2.60. The van der Waals surface area contributed by atoms with Gasteiger partial charge in [0.1, 0.15) is 6.61 Å². The van der Waals surface area contributed by atoms with Crippen molar-refractivity contribution in [2.45, 2.75) is 81.9 Å². The lowest BCUT2D eigenvalue weighted by Gasteiger charge is -2.56. The second kappa shape index (κ2) is 14.4. The zero-order valence-corrected chi connectivity index (χ0v) is 31.2. The lowest BCUT2D eigenvalue weighted by atomic mass is 9.59. The predicted octanol–water partition coefficient (Wildman–Crippen LogP) is 6.81. The number of sulfonamides is 1. The Bertz CT molecular complexity index is 1890. The molecule has 4 aliphatic rings. The monoisotopic (exact) mass is 763 g/mol. The first-order valence-electron chi connectivity index (χ1n) is 17.5. The second-order valence-electron chi connectivity index (χ2n) is 14.9. The Morgan fingerprint density at radius 3 is 2.31 bits per heavy atom. The van der Waals surface area contributed by atoms with Crippen molar-refractivity contribution < 1.29 is 35.9 Å². The van der Waals surface area contributed by atoms with Crippen LogP contribution in [0.25, 0.3) is 11.3 Å². The molecular formula is C37H45ClF3N5O5S. The van der Waals surface area contributed by atoms with Gasteiger partial charge in [-0.2, -0.15) is 18.2 Å². The van der Waals surface area contributed by atoms with E-state index in [-0.39, 0.29) is 72.0 Å². The Morgan fingerprint density at radius 2 is 1.67 bits per heavy atom. The van der Waals surface area contributed by atoms with Crippen LogP contribution in [0, 0.1) is 24.7 Å². The Labute approximate surface area is 308 Å². The predicted molar refractivity (Wildman–Crippen MR) is 192 cm³/mol. The quantitative estimate of drug-likeness (QED) is 0.280. The van der Waals surface area contributed by atoms with Gasteiger partial charge in [0.2, 0.25) is 11.8 Å². The Hall–Kier alpha value is -3.46. The molecule has 2 saturated carbocycles. The molecule has 7 rings (SSSR count). The van der Waals surface area contributed by atoms with Gasteiger partial charge in [-0.3, -0.25) is 4.79 Å². The van der Waals surface area contributed by atoms with Gasteiger partial charge in [-0.25, -0.2) is 18.1 Å². The number of rotatable bonds is 7. The summed E-state index contributed by atoms with van der Waals surface area (Å²) in [4.78, 5) is 27.2. The normalized spacial score (nSPS) is 22.5. The number of amides is 1. The number of aryl methyl sites for hydroxylation is 2. The van der Waals surface area contributed by atoms with Gasteiger partial charge in [0, 0.05) is 36.9 Å². The van der Waals surface area contributed by atoms with E-state index in [1.165, 1.54) is 24.3 Å². The smallest absolute Gasteiger partial charge is 0.394 e. The molecule has 15 heteroatoms. The molecule has 282 valence electrons. The van der Waals surface area contributed by atoms with Crippen LogP contribution in [-0.2, 0) is 14.8 Å². The van der Waals surface area contributed by atoms with E-state index in [9.17, 15) is 26.4 Å². The molecular weight excluding hydrogens is 719 g/mol. The number of hydrogen-bond donors (Lipinski definition) is 1. The van der Waals surface area contributed by atoms with Crippen molar-refractivity contribution >= 4 is 34.3 Å². The molecule has 1 spiro atoms. The van der Waals surface area contributed by atoms with Gasteiger partial charge >= 0.3 is 6.18 Å². The van der Waals surface area contributed by atoms with E-state index in [0.29, 0.717) is 25.1 Å². The van der Waals surface area contributed by atoms with Crippen molar-refractivity contribution in [2.24, 2.45) is 10.8 Å². The number of carbonyl (C=O) groups excluding carboxylic acids is 1. The van der Waals surface area contributed by atoms with Gasteiger partial charge in [0.15, 0.2) is 0 Å². The van der Waals surface area contributed by atoms with Crippen LogP contribution in [0.1, 0.15) is 66.4 Å². The topological polar surface area (TPSA) is 114 Å². The fourth-order valence-corrected chi connectivity index (χ4v) is 9.28. The molecule has 1 aromatic heterocycles. The molecule has 1 amide bonds. The van der Waals surface area contributed by atoms with Crippen molar-refractivity contribution in [2.75, 3.05) is 44.7 Å². The van der Waals surface area contributed by atoms with E-state index < -0.39 is 33.6 Å². The fraction of sp³-hybridized carbons (Fsp3) is 0.541. The third-order valence-electron chi connectivity index (χ3n) is 11.4. The van der Waals surface area contributed by atoms with Crippen LogP contribution in [0.3, 0.4) is 0 Å². The molecule has 0 radical (unpaired) electrons. The average molecular weight is 764 g/mol. The SMILES string of the molecule is COCCN1CCC2(CC1)CC(N1C(=O)c3cccc(c3)S(=O)(=O)Nc3nc(cc(-c4c(C)cccc4C)n3)OC[C@H]1CC1(C(F)(F)F)CC1)C2.Cl. The third-order valence-corrected chi connectivity index (χ3v) is 12.8. The first-order valence-corrected chi connectivity index (χ1v) is 19.0. The van der Waals surface area contributed by atoms with Crippen LogP contribution in [-0.4, -0.2) is 92.3 Å². The molecule has 1 N–H and O–H groups in total. The Kier molecular flexibility index (Phi) is 10.6. The molecule has 2 aromatic carbocycles. The molecule has 10 nitrogen and oxygen atoms in total. The summed E-state index contributed by atoms with van der Waals surface area (Å²) in [6.45, 7) is 6.81. The highest BCUT2D eigenvalue weighted by atomic mass is 35.5. The van der Waals surface area contributed by atoms with Crippen LogP contribution in [0.15, 0.2) is 53.4 Å². The molecule has 1 atom stereocenters. The van der Waals surface area contributed by atoms with Gasteiger partial charge in [-0.1, -0.05) is 24.3 Å². The van der Waals surface area contributed by atoms with Crippen molar-refractivity contribution in [1.29, 1.82) is 0 Å². The minimum Gasteiger partial charge on any atom is -0.475 e. The van der Waals surface area contributed by atoms with Crippen LogP contribution in [0.5, 0.6) is 5.88 Å². The summed E-state index contributed by atoms with van der Waals surface area (Å²) in [5.74, 6) is -0.764. The number of aromatic nitrogens is 2. The molecule has 4 bridgehead atoms. The summed E-state index contributed by atoms with van der Waals surface area (Å²) in [6.07, 6.45) is -1.66. The largest absolute Gasteiger partial charge is 0.475 e. The van der Waals surface area contributed by atoms with Crippen LogP contribution >= 0.6 is 12.4 Å². The van der Waals surface area contributed by atoms with Gasteiger partial charge in [0.25, 0.3) is 15.9 Å². The summed E-state index contributed by atoms with van der Waals surface area (Å²) in [5, 5.41) is 0. The maximum absolute atomic E-state index is 14.6. The van der Waals surface area contributed by atoms with Gasteiger partial charge in [-0.05, 0) is 107 Å². The van der Waals surface area contributed by atoms with E-state index in [2.05, 4.69) is 19.6 Å². The summed E-state index contributed by atoms with van der Waals surface area (Å²) >= 11 is 0. The number of benzene rings is 2. The second-order valence-corrected chi connectivity index (χ2v) is 16.6. The standard InChI is InChI=1S/C37H44F3N5O5S.ClH/c1-24-6-4-7-25(2)32(24)30-19-31-42-34(41-30)43-51(47,48)29-9-5-8-26(18-29)33(46)45(28(23-50-31)22-36(10-11-36)37(38,39)40)27-20-35(21-27)12-14-44(15-13-35)16-17-49-3;/h4-9,18-19,27-28H,10-17,20-23H2,1-3H3,(H,41,42,43);1H/t28-;/m1./s1.